The van der Waals surface area contributed by atoms with Crippen LogP contribution in [0, 0.1) is 0 Å². The summed E-state index contributed by atoms with van der Waals surface area (Å²) in [6.45, 7) is 1.80. The van der Waals surface area contributed by atoms with Crippen molar-refractivity contribution >= 4 is 23.6 Å². The first-order chi connectivity index (χ1) is 8.08. The Morgan fingerprint density at radius 3 is 2.88 bits per heavy atom. The molecule has 0 bridgehead atoms. The first kappa shape index (κ1) is 13.2. The maximum Gasteiger partial charge on any atom is 0.373 e. The molecule has 1 rings (SSSR count). The first-order valence-corrected chi connectivity index (χ1v) is 5.11. The zero-order chi connectivity index (χ0) is 12.8. The number of aliphatic hydroxyl groups is 1. The van der Waals surface area contributed by atoms with Crippen molar-refractivity contribution < 1.29 is 19.4 Å². The van der Waals surface area contributed by atoms with Crippen LogP contribution in [0.4, 0.5) is 0 Å². The fraction of sp³-hybridized carbons (Fsp3) is 0.300. The highest BCUT2D eigenvalue weighted by atomic mass is 35.5. The Morgan fingerprint density at radius 1 is 1.59 bits per heavy atom. The van der Waals surface area contributed by atoms with Crippen molar-refractivity contribution in [3.63, 3.8) is 0 Å². The van der Waals surface area contributed by atoms with E-state index in [1.54, 1.807) is 6.92 Å². The van der Waals surface area contributed by atoms with E-state index in [0.29, 0.717) is 5.56 Å². The third-order valence-corrected chi connectivity index (χ3v) is 2.03. The number of aliphatic hydroxyl groups excluding tert-OH is 1. The molecule has 0 aliphatic carbocycles. The molecule has 0 saturated heterocycles. The van der Waals surface area contributed by atoms with Gasteiger partial charge in [-0.25, -0.2) is 4.79 Å². The lowest BCUT2D eigenvalue weighted by atomic mass is 10.2. The number of hydrogen-bond acceptors (Lipinski definition) is 6. The van der Waals surface area contributed by atoms with Gasteiger partial charge in [0.05, 0.1) is 13.7 Å². The van der Waals surface area contributed by atoms with Crippen LogP contribution in [0.3, 0.4) is 0 Å². The zero-order valence-corrected chi connectivity index (χ0v) is 10.1. The minimum Gasteiger partial charge on any atom is -0.502 e. The van der Waals surface area contributed by atoms with Crippen molar-refractivity contribution in [2.45, 2.75) is 6.92 Å². The second kappa shape index (κ2) is 6.05. The highest BCUT2D eigenvalue weighted by molar-refractivity contribution is 6.30. The molecule has 1 N–H and O–H groups in total. The topological polar surface area (TPSA) is 81.5 Å². The molecule has 92 valence electrons. The summed E-state index contributed by atoms with van der Waals surface area (Å²) in [5.74, 6) is -1.18. The molecule has 0 aliphatic heterocycles. The van der Waals surface area contributed by atoms with Gasteiger partial charge in [-0.3, -0.25) is 0 Å². The lowest BCUT2D eigenvalue weighted by Crippen LogP contribution is -2.07. The minimum atomic E-state index is -0.834. The summed E-state index contributed by atoms with van der Waals surface area (Å²) in [7, 11) is 1.41. The quantitative estimate of drug-likeness (QED) is 0.502. The molecular weight excluding hydrogens is 248 g/mol. The molecule has 0 amide bonds. The summed E-state index contributed by atoms with van der Waals surface area (Å²) < 4.78 is 9.44. The largest absolute Gasteiger partial charge is 0.502 e. The van der Waals surface area contributed by atoms with Crippen LogP contribution in [0.2, 0.25) is 5.15 Å². The number of nitrogens with zero attached hydrogens (tertiary/aromatic N) is 2. The van der Waals surface area contributed by atoms with E-state index in [1.807, 2.05) is 0 Å². The van der Waals surface area contributed by atoms with E-state index in [2.05, 4.69) is 14.9 Å². The van der Waals surface area contributed by atoms with Gasteiger partial charge in [0.2, 0.25) is 11.6 Å². The van der Waals surface area contributed by atoms with E-state index in [4.69, 9.17) is 16.3 Å². The molecule has 17 heavy (non-hydrogen) atoms. The Morgan fingerprint density at radius 2 is 2.29 bits per heavy atom. The molecule has 0 aliphatic rings. The Kier molecular flexibility index (Phi) is 4.71. The van der Waals surface area contributed by atoms with Crippen LogP contribution in [-0.2, 0) is 9.53 Å². The highest BCUT2D eigenvalue weighted by Gasteiger charge is 2.11. The fourth-order valence-corrected chi connectivity index (χ4v) is 1.13. The number of carbonyl (C=O) groups excluding carboxylic acids is 1. The average molecular weight is 259 g/mol. The summed E-state index contributed by atoms with van der Waals surface area (Å²) in [5.41, 5.74) is 0.309. The van der Waals surface area contributed by atoms with Crippen molar-refractivity contribution in [3.8, 4) is 5.88 Å². The van der Waals surface area contributed by atoms with Crippen LogP contribution in [0.1, 0.15) is 12.5 Å². The Hall–Kier alpha value is -1.82. The Labute approximate surface area is 103 Å². The smallest absolute Gasteiger partial charge is 0.373 e. The third kappa shape index (κ3) is 3.60. The van der Waals surface area contributed by atoms with Crippen LogP contribution in [0.15, 0.2) is 11.8 Å². The number of rotatable bonds is 4. The van der Waals surface area contributed by atoms with Gasteiger partial charge in [-0.05, 0) is 13.0 Å². The number of carbonyl (C=O) groups is 1. The number of esters is 1. The summed E-state index contributed by atoms with van der Waals surface area (Å²) in [5, 5.41) is 16.7. The molecule has 0 radical (unpaired) electrons. The third-order valence-electron chi connectivity index (χ3n) is 1.74. The maximum atomic E-state index is 11.2. The molecule has 7 heteroatoms. The number of halogens is 1. The highest BCUT2D eigenvalue weighted by Crippen LogP contribution is 2.19. The molecule has 1 aromatic rings. The normalized spacial score (nSPS) is 11.1. The van der Waals surface area contributed by atoms with Crippen LogP contribution >= 0.6 is 11.6 Å². The molecule has 0 atom stereocenters. The van der Waals surface area contributed by atoms with Crippen LogP contribution in [0.25, 0.3) is 6.08 Å². The SMILES string of the molecule is CCOC(=O)/C(O)=C\c1cc(OC)nnc1Cl. The predicted octanol–water partition coefficient (Wildman–Crippen LogP) is 1.60. The molecule has 0 saturated carbocycles. The van der Waals surface area contributed by atoms with Crippen molar-refractivity contribution in [2.75, 3.05) is 13.7 Å². The van der Waals surface area contributed by atoms with E-state index < -0.39 is 11.7 Å². The maximum absolute atomic E-state index is 11.2. The van der Waals surface area contributed by atoms with Crippen LogP contribution in [0.5, 0.6) is 5.88 Å². The Balaban J connectivity index is 3.00. The van der Waals surface area contributed by atoms with Gasteiger partial charge in [-0.2, -0.15) is 0 Å². The molecule has 0 fully saturated rings. The number of hydrogen-bond donors (Lipinski definition) is 1. The van der Waals surface area contributed by atoms with E-state index in [-0.39, 0.29) is 17.6 Å². The molecule has 0 aromatic carbocycles. The lowest BCUT2D eigenvalue weighted by Gasteiger charge is -2.02. The molecule has 1 aromatic heterocycles. The first-order valence-electron chi connectivity index (χ1n) is 4.73. The van der Waals surface area contributed by atoms with Gasteiger partial charge < -0.3 is 14.6 Å². The van der Waals surface area contributed by atoms with Crippen molar-refractivity contribution in [1.29, 1.82) is 0 Å². The van der Waals surface area contributed by atoms with Gasteiger partial charge in [0.15, 0.2) is 5.15 Å². The van der Waals surface area contributed by atoms with Gasteiger partial charge in [0, 0.05) is 11.6 Å². The minimum absolute atomic E-state index is 0.0432. The van der Waals surface area contributed by atoms with E-state index in [0.717, 1.165) is 6.08 Å². The van der Waals surface area contributed by atoms with Crippen molar-refractivity contribution in [2.24, 2.45) is 0 Å². The van der Waals surface area contributed by atoms with Crippen molar-refractivity contribution in [3.05, 3.63) is 22.5 Å². The van der Waals surface area contributed by atoms with Crippen molar-refractivity contribution in [1.82, 2.24) is 10.2 Å². The summed E-state index contributed by atoms with van der Waals surface area (Å²) in [4.78, 5) is 11.2. The predicted molar refractivity (Wildman–Crippen MR) is 60.8 cm³/mol. The van der Waals surface area contributed by atoms with E-state index >= 15 is 0 Å². The standard InChI is InChI=1S/C10H11ClN2O4/c1-3-17-10(15)7(14)4-6-5-8(16-2)12-13-9(6)11/h4-5,14H,3H2,1-2H3/b7-4+. The number of ether oxygens (including phenoxy) is 2. The zero-order valence-electron chi connectivity index (χ0n) is 9.31. The van der Waals surface area contributed by atoms with Gasteiger partial charge in [0.25, 0.3) is 0 Å². The molecule has 0 spiro atoms. The average Bonchev–Trinajstić information content (AvgIpc) is 2.32. The second-order valence-electron chi connectivity index (χ2n) is 2.88. The van der Waals surface area contributed by atoms with E-state index in [1.165, 1.54) is 13.2 Å². The summed E-state index contributed by atoms with van der Waals surface area (Å²) in [6, 6.07) is 1.44. The van der Waals surface area contributed by atoms with Gasteiger partial charge in [-0.1, -0.05) is 11.6 Å². The lowest BCUT2D eigenvalue weighted by molar-refractivity contribution is -0.141. The van der Waals surface area contributed by atoms with Gasteiger partial charge in [0.1, 0.15) is 0 Å². The molecule has 0 unspecified atom stereocenters. The molecule has 6 nitrogen and oxygen atoms in total. The summed E-state index contributed by atoms with van der Waals surface area (Å²) >= 11 is 5.74. The Bertz CT molecular complexity index is 448. The van der Waals surface area contributed by atoms with Crippen LogP contribution < -0.4 is 4.74 Å². The van der Waals surface area contributed by atoms with Gasteiger partial charge in [-0.15, -0.1) is 10.2 Å². The second-order valence-corrected chi connectivity index (χ2v) is 3.24. The fourth-order valence-electron chi connectivity index (χ4n) is 0.985. The summed E-state index contributed by atoms with van der Waals surface area (Å²) in [6.07, 6.45) is 1.14. The number of methoxy groups -OCH3 is 1. The monoisotopic (exact) mass is 258 g/mol. The molecule has 1 heterocycles. The van der Waals surface area contributed by atoms with E-state index in [9.17, 15) is 9.90 Å². The number of aromatic nitrogens is 2. The van der Waals surface area contributed by atoms with Crippen LogP contribution in [-0.4, -0.2) is 35.0 Å². The van der Waals surface area contributed by atoms with Gasteiger partial charge >= 0.3 is 5.97 Å². The molecular formula is C10H11ClN2O4.